The van der Waals surface area contributed by atoms with Gasteiger partial charge in [-0.05, 0) is 91.3 Å². The Balaban J connectivity index is 1.21. The van der Waals surface area contributed by atoms with Gasteiger partial charge in [0, 0.05) is 46.9 Å². The van der Waals surface area contributed by atoms with Crippen molar-refractivity contribution in [1.29, 1.82) is 0 Å². The number of anilines is 5. The van der Waals surface area contributed by atoms with Crippen LogP contribution in [0.5, 0.6) is 0 Å². The molecule has 0 bridgehead atoms. The number of benzene rings is 4. The van der Waals surface area contributed by atoms with E-state index in [4.69, 9.17) is 4.98 Å². The molecule has 0 radical (unpaired) electrons. The molecule has 4 aliphatic heterocycles. The third-order valence-corrected chi connectivity index (χ3v) is 13.7. The lowest BCUT2D eigenvalue weighted by molar-refractivity contribution is 0.0411. The molecule has 0 aliphatic carbocycles. The average molecular weight is 660 g/mol. The van der Waals surface area contributed by atoms with Crippen LogP contribution in [0.2, 0.25) is 0 Å². The van der Waals surface area contributed by atoms with Crippen LogP contribution in [0.3, 0.4) is 0 Å². The maximum Gasteiger partial charge on any atom is 0.157 e. The molecule has 254 valence electrons. The highest BCUT2D eigenvalue weighted by Crippen LogP contribution is 2.65. The van der Waals surface area contributed by atoms with E-state index in [1.807, 2.05) is 6.20 Å². The molecular formula is C45H49N5. The summed E-state index contributed by atoms with van der Waals surface area (Å²) in [6, 6.07) is 39.7. The number of hydrogen-bond acceptors (Lipinski definition) is 5. The third kappa shape index (κ3) is 4.37. The monoisotopic (exact) mass is 659 g/mol. The van der Waals surface area contributed by atoms with Crippen LogP contribution in [-0.2, 0) is 11.8 Å². The molecule has 4 aliphatic rings. The van der Waals surface area contributed by atoms with Gasteiger partial charge in [0.2, 0.25) is 0 Å². The smallest absolute Gasteiger partial charge is 0.157 e. The summed E-state index contributed by atoms with van der Waals surface area (Å²) in [4.78, 5) is 16.9. The summed E-state index contributed by atoms with van der Waals surface area (Å²) in [5.74, 6) is 1.89. The third-order valence-electron chi connectivity index (χ3n) is 13.7. The highest BCUT2D eigenvalue weighted by atomic mass is 15.4. The molecule has 5 aromatic rings. The van der Waals surface area contributed by atoms with Crippen LogP contribution in [0.1, 0.15) is 93.4 Å². The van der Waals surface area contributed by atoms with Crippen molar-refractivity contribution in [2.45, 2.75) is 95.2 Å². The van der Waals surface area contributed by atoms with Crippen LogP contribution in [0.4, 0.5) is 28.6 Å². The van der Waals surface area contributed by atoms with E-state index in [2.05, 4.69) is 151 Å². The Hall–Kier alpha value is -4.64. The fourth-order valence-electron chi connectivity index (χ4n) is 11.1. The van der Waals surface area contributed by atoms with Crippen molar-refractivity contribution in [3.05, 3.63) is 138 Å². The van der Waals surface area contributed by atoms with E-state index >= 15 is 0 Å². The molecule has 5 nitrogen and oxygen atoms in total. The van der Waals surface area contributed by atoms with Crippen molar-refractivity contribution < 1.29 is 0 Å². The molecule has 0 saturated heterocycles. The molecule has 50 heavy (non-hydrogen) atoms. The predicted octanol–water partition coefficient (Wildman–Crippen LogP) is 10.7. The van der Waals surface area contributed by atoms with Crippen LogP contribution >= 0.6 is 0 Å². The summed E-state index contributed by atoms with van der Waals surface area (Å²) in [7, 11) is 2.21. The quantitative estimate of drug-likeness (QED) is 0.181. The first-order chi connectivity index (χ1) is 24.5. The number of rotatable bonds is 6. The number of aromatic nitrogens is 2. The Morgan fingerprint density at radius 2 is 1.48 bits per heavy atom. The van der Waals surface area contributed by atoms with Gasteiger partial charge in [0.1, 0.15) is 18.2 Å². The second kappa shape index (κ2) is 12.0. The topological polar surface area (TPSA) is 35.5 Å². The van der Waals surface area contributed by atoms with Crippen LogP contribution in [0.15, 0.2) is 116 Å². The van der Waals surface area contributed by atoms with E-state index < -0.39 is 0 Å². The first kappa shape index (κ1) is 31.3. The molecule has 0 N–H and O–H groups in total. The van der Waals surface area contributed by atoms with E-state index in [1.165, 1.54) is 39.3 Å². The van der Waals surface area contributed by atoms with E-state index in [0.29, 0.717) is 17.9 Å². The predicted molar refractivity (Wildman–Crippen MR) is 206 cm³/mol. The summed E-state index contributed by atoms with van der Waals surface area (Å²) in [6.07, 6.45) is 11.8. The molecule has 0 fully saturated rings. The fraction of sp³-hybridized carbons (Fsp3) is 0.378. The SMILES string of the molecule is CCC1(C)c2ccccc2N2c3ccccc3CCC(c3ccccc3)C2C1(CC)CCC1CC2N(C)c3ncncc3N2c2ccccc21. The van der Waals surface area contributed by atoms with Gasteiger partial charge in [0.15, 0.2) is 5.82 Å². The Bertz CT molecular complexity index is 2030. The minimum absolute atomic E-state index is 0.00200. The zero-order valence-electron chi connectivity index (χ0n) is 30.0. The zero-order valence-corrected chi connectivity index (χ0v) is 30.0. The van der Waals surface area contributed by atoms with E-state index in [1.54, 1.807) is 6.33 Å². The molecule has 6 unspecified atom stereocenters. The molecular weight excluding hydrogens is 611 g/mol. The molecule has 6 atom stereocenters. The molecule has 0 amide bonds. The maximum absolute atomic E-state index is 4.73. The lowest BCUT2D eigenvalue weighted by atomic mass is 9.48. The summed E-state index contributed by atoms with van der Waals surface area (Å²) in [5, 5.41) is 0. The molecule has 9 rings (SSSR count). The van der Waals surface area contributed by atoms with E-state index in [0.717, 1.165) is 56.5 Å². The molecule has 5 heteroatoms. The van der Waals surface area contributed by atoms with Crippen LogP contribution < -0.4 is 14.7 Å². The van der Waals surface area contributed by atoms with Crippen molar-refractivity contribution in [1.82, 2.24) is 9.97 Å². The van der Waals surface area contributed by atoms with Crippen LogP contribution in [-0.4, -0.2) is 29.2 Å². The van der Waals surface area contributed by atoms with Crippen molar-refractivity contribution in [2.75, 3.05) is 21.7 Å². The van der Waals surface area contributed by atoms with Gasteiger partial charge in [0.05, 0.1) is 6.20 Å². The Morgan fingerprint density at radius 1 is 0.760 bits per heavy atom. The molecule has 0 spiro atoms. The summed E-state index contributed by atoms with van der Waals surface area (Å²) in [5.41, 5.74) is 11.2. The Labute approximate surface area is 298 Å². The number of aryl methyl sites for hydroxylation is 1. The largest absolute Gasteiger partial charge is 0.337 e. The molecule has 1 aromatic heterocycles. The Kier molecular flexibility index (Phi) is 7.53. The zero-order chi connectivity index (χ0) is 34.0. The minimum Gasteiger partial charge on any atom is -0.337 e. The van der Waals surface area contributed by atoms with Gasteiger partial charge < -0.3 is 14.7 Å². The number of nitrogens with zero attached hydrogens (tertiary/aromatic N) is 5. The second-order valence-electron chi connectivity index (χ2n) is 15.4. The number of para-hydroxylation sites is 3. The van der Waals surface area contributed by atoms with Gasteiger partial charge in [-0.1, -0.05) is 106 Å². The first-order valence-electron chi connectivity index (χ1n) is 18.9. The lowest BCUT2D eigenvalue weighted by Gasteiger charge is -2.63. The molecule has 0 saturated carbocycles. The first-order valence-corrected chi connectivity index (χ1v) is 18.9. The average Bonchev–Trinajstić information content (AvgIpc) is 3.34. The number of fused-ring (bicyclic) bond motifs is 10. The van der Waals surface area contributed by atoms with Gasteiger partial charge in [-0.25, -0.2) is 9.97 Å². The highest BCUT2D eigenvalue weighted by Gasteiger charge is 2.60. The molecule has 4 aromatic carbocycles. The van der Waals surface area contributed by atoms with Crippen molar-refractivity contribution in [3.8, 4) is 0 Å². The summed E-state index contributed by atoms with van der Waals surface area (Å²) >= 11 is 0. The number of hydrogen-bond donors (Lipinski definition) is 0. The Morgan fingerprint density at radius 3 is 2.28 bits per heavy atom. The van der Waals surface area contributed by atoms with Gasteiger partial charge in [-0.2, -0.15) is 0 Å². The van der Waals surface area contributed by atoms with E-state index in [9.17, 15) is 0 Å². The van der Waals surface area contributed by atoms with Gasteiger partial charge in [-0.3, -0.25) is 0 Å². The van der Waals surface area contributed by atoms with Crippen LogP contribution in [0.25, 0.3) is 0 Å². The van der Waals surface area contributed by atoms with Crippen LogP contribution in [0, 0.1) is 5.41 Å². The normalized spacial score (nSPS) is 27.7. The fourth-order valence-corrected chi connectivity index (χ4v) is 11.1. The van der Waals surface area contributed by atoms with Gasteiger partial charge in [0.25, 0.3) is 0 Å². The molecule has 5 heterocycles. The lowest BCUT2D eigenvalue weighted by Crippen LogP contribution is -2.62. The summed E-state index contributed by atoms with van der Waals surface area (Å²) < 4.78 is 0. The standard InChI is InChI=1S/C45H49N5/c1-5-44(3)36-20-12-15-23-39(36)50-37-21-13-10-18-32(37)24-25-35(31-16-8-7-9-17-31)42(50)45(44,6-2)27-26-33-28-41-48(4)43-40(29-46-30-47-43)49(41)38-22-14-11-19-34(33)38/h7-23,29-30,33,35,41-42H,5-6,24-28H2,1-4H3. The van der Waals surface area contributed by atoms with Crippen molar-refractivity contribution in [2.24, 2.45) is 5.41 Å². The maximum atomic E-state index is 4.73. The minimum atomic E-state index is 0.00200. The van der Waals surface area contributed by atoms with Gasteiger partial charge >= 0.3 is 0 Å². The van der Waals surface area contributed by atoms with Gasteiger partial charge in [-0.15, -0.1) is 0 Å². The summed E-state index contributed by atoms with van der Waals surface area (Å²) in [6.45, 7) is 7.59. The van der Waals surface area contributed by atoms with E-state index in [-0.39, 0.29) is 17.0 Å². The van der Waals surface area contributed by atoms with Crippen molar-refractivity contribution >= 4 is 28.6 Å². The highest BCUT2D eigenvalue weighted by molar-refractivity contribution is 5.83. The van der Waals surface area contributed by atoms with Crippen molar-refractivity contribution in [3.63, 3.8) is 0 Å². The second-order valence-corrected chi connectivity index (χ2v) is 15.4.